The Kier molecular flexibility index (Phi) is 6.19. The second-order valence-corrected chi connectivity index (χ2v) is 8.80. The Hall–Kier alpha value is -2.56. The van der Waals surface area contributed by atoms with Gasteiger partial charge in [0.2, 0.25) is 11.2 Å². The molecular weight excluding hydrogens is 493 g/mol. The van der Waals surface area contributed by atoms with Crippen molar-refractivity contribution in [1.82, 2.24) is 0 Å². The highest BCUT2D eigenvalue weighted by Crippen LogP contribution is 2.40. The number of para-hydroxylation sites is 1. The molecule has 1 saturated heterocycles. The van der Waals surface area contributed by atoms with Gasteiger partial charge in [-0.3, -0.25) is 4.79 Å². The van der Waals surface area contributed by atoms with Crippen LogP contribution in [-0.4, -0.2) is 38.3 Å². The van der Waals surface area contributed by atoms with Crippen LogP contribution in [0, 0.1) is 0 Å². The van der Waals surface area contributed by atoms with E-state index >= 15 is 0 Å². The maximum Gasteiger partial charge on any atom is 0.453 e. The van der Waals surface area contributed by atoms with Gasteiger partial charge in [-0.1, -0.05) is 12.1 Å². The fourth-order valence-electron chi connectivity index (χ4n) is 3.83. The average Bonchev–Trinajstić information content (AvgIpc) is 2.74. The number of ether oxygens (including phenoxy) is 1. The topological polar surface area (TPSA) is 68.5 Å². The van der Waals surface area contributed by atoms with E-state index in [9.17, 15) is 23.1 Å². The number of fused-ring (bicyclic) bond motifs is 1. The summed E-state index contributed by atoms with van der Waals surface area (Å²) in [5, 5.41) is 10.3. The lowest BCUT2D eigenvalue weighted by Crippen LogP contribution is -3.26. The SMILES string of the molecule is C[NH+]1CC[NH+](Cc2c(O)ccc3c(=O)c(Oc4ccccc4Br)c(C(F)(F)F)oc23)CC1. The van der Waals surface area contributed by atoms with Gasteiger partial charge in [0.05, 0.1) is 22.5 Å². The molecule has 0 amide bonds. The summed E-state index contributed by atoms with van der Waals surface area (Å²) in [5.41, 5.74) is -1.03. The summed E-state index contributed by atoms with van der Waals surface area (Å²) in [6.45, 7) is 3.65. The van der Waals surface area contributed by atoms with Crippen molar-refractivity contribution in [3.63, 3.8) is 0 Å². The molecule has 4 rings (SSSR count). The molecular formula is C22H22BrF3N2O4+2. The van der Waals surface area contributed by atoms with E-state index in [1.807, 2.05) is 0 Å². The molecule has 10 heteroatoms. The van der Waals surface area contributed by atoms with Gasteiger partial charge in [0.15, 0.2) is 5.58 Å². The van der Waals surface area contributed by atoms with E-state index in [1.54, 1.807) is 18.2 Å². The first-order chi connectivity index (χ1) is 15.1. The summed E-state index contributed by atoms with van der Waals surface area (Å²) in [6, 6.07) is 8.84. The second kappa shape index (κ2) is 8.76. The van der Waals surface area contributed by atoms with Crippen molar-refractivity contribution in [2.24, 2.45) is 0 Å². The number of phenols is 1. The first kappa shape index (κ1) is 22.6. The summed E-state index contributed by atoms with van der Waals surface area (Å²) in [6.07, 6.45) is -4.98. The normalized spacial score (nSPS) is 19.3. The van der Waals surface area contributed by atoms with Crippen molar-refractivity contribution in [1.29, 1.82) is 0 Å². The minimum Gasteiger partial charge on any atom is -0.507 e. The summed E-state index contributed by atoms with van der Waals surface area (Å²) >= 11 is 3.21. The molecule has 1 aromatic heterocycles. The van der Waals surface area contributed by atoms with E-state index in [1.165, 1.54) is 23.1 Å². The second-order valence-electron chi connectivity index (χ2n) is 7.94. The molecule has 3 N–H and O–H groups in total. The van der Waals surface area contributed by atoms with E-state index < -0.39 is 23.1 Å². The number of piperazine rings is 1. The fraction of sp³-hybridized carbons (Fsp3) is 0.318. The number of aromatic hydroxyl groups is 1. The predicted octanol–water partition coefficient (Wildman–Crippen LogP) is 1.99. The molecule has 32 heavy (non-hydrogen) atoms. The van der Waals surface area contributed by atoms with E-state index in [0.717, 1.165) is 31.1 Å². The fourth-order valence-corrected chi connectivity index (χ4v) is 4.20. The van der Waals surface area contributed by atoms with Crippen LogP contribution in [0.15, 0.2) is 50.1 Å². The number of hydrogen-bond donors (Lipinski definition) is 3. The van der Waals surface area contributed by atoms with Crippen molar-refractivity contribution in [2.75, 3.05) is 33.2 Å². The number of phenolic OH excluding ortho intramolecular Hbond substituents is 1. The largest absolute Gasteiger partial charge is 0.507 e. The van der Waals surface area contributed by atoms with E-state index in [2.05, 4.69) is 23.0 Å². The van der Waals surface area contributed by atoms with Gasteiger partial charge in [0.25, 0.3) is 5.76 Å². The highest BCUT2D eigenvalue weighted by Gasteiger charge is 2.41. The molecule has 3 aromatic rings. The summed E-state index contributed by atoms with van der Waals surface area (Å²) in [4.78, 5) is 15.6. The number of quaternary nitrogens is 2. The number of benzene rings is 2. The zero-order valence-electron chi connectivity index (χ0n) is 17.2. The van der Waals surface area contributed by atoms with Crippen LogP contribution in [0.5, 0.6) is 17.2 Å². The minimum absolute atomic E-state index is 0.0491. The van der Waals surface area contributed by atoms with E-state index in [0.29, 0.717) is 4.47 Å². The molecule has 0 bridgehead atoms. The van der Waals surface area contributed by atoms with Gasteiger partial charge < -0.3 is 24.1 Å². The Morgan fingerprint density at radius 3 is 2.47 bits per heavy atom. The Labute approximate surface area is 189 Å². The van der Waals surface area contributed by atoms with Gasteiger partial charge in [-0.15, -0.1) is 0 Å². The zero-order chi connectivity index (χ0) is 23.0. The molecule has 1 aliphatic rings. The van der Waals surface area contributed by atoms with Crippen molar-refractivity contribution in [3.8, 4) is 17.2 Å². The molecule has 1 aliphatic heterocycles. The molecule has 1 fully saturated rings. The van der Waals surface area contributed by atoms with Crippen LogP contribution >= 0.6 is 15.9 Å². The van der Waals surface area contributed by atoms with Gasteiger partial charge in [0, 0.05) is 0 Å². The number of rotatable bonds is 4. The molecule has 0 unspecified atom stereocenters. The first-order valence-electron chi connectivity index (χ1n) is 10.1. The Morgan fingerprint density at radius 1 is 1.12 bits per heavy atom. The van der Waals surface area contributed by atoms with Crippen LogP contribution in [0.25, 0.3) is 11.0 Å². The van der Waals surface area contributed by atoms with Crippen molar-refractivity contribution in [3.05, 3.63) is 62.4 Å². The highest BCUT2D eigenvalue weighted by molar-refractivity contribution is 9.10. The Bertz CT molecular complexity index is 1200. The molecule has 2 aromatic carbocycles. The number of alkyl halides is 3. The molecule has 2 heterocycles. The van der Waals surface area contributed by atoms with E-state index in [4.69, 9.17) is 9.15 Å². The molecule has 170 valence electrons. The monoisotopic (exact) mass is 514 g/mol. The standard InChI is InChI=1S/C22H20BrF3N2O4/c1-27-8-10-28(11-9-27)12-14-16(29)7-6-13-18(30)20(21(22(24,25)26)32-19(13)14)31-17-5-3-2-4-15(17)23/h2-7,29H,8-12H2,1H3/p+2. The molecule has 6 nitrogen and oxygen atoms in total. The van der Waals surface area contributed by atoms with Crippen molar-refractivity contribution in [2.45, 2.75) is 12.7 Å². The smallest absolute Gasteiger partial charge is 0.453 e. The maximum absolute atomic E-state index is 13.9. The van der Waals surface area contributed by atoms with Crippen LogP contribution in [0.2, 0.25) is 0 Å². The number of halogens is 4. The third-order valence-electron chi connectivity index (χ3n) is 5.64. The lowest BCUT2D eigenvalue weighted by atomic mass is 10.1. The molecule has 0 atom stereocenters. The van der Waals surface area contributed by atoms with Crippen LogP contribution in [-0.2, 0) is 12.7 Å². The van der Waals surface area contributed by atoms with Crippen molar-refractivity contribution < 1.29 is 37.2 Å². The molecule has 0 spiro atoms. The van der Waals surface area contributed by atoms with Crippen LogP contribution in [0.1, 0.15) is 11.3 Å². The summed E-state index contributed by atoms with van der Waals surface area (Å²) < 4.78 is 52.8. The van der Waals surface area contributed by atoms with Crippen LogP contribution < -0.4 is 20.0 Å². The van der Waals surface area contributed by atoms with Crippen molar-refractivity contribution >= 4 is 26.9 Å². The number of nitrogens with one attached hydrogen (secondary N) is 2. The Balaban J connectivity index is 1.86. The first-order valence-corrected chi connectivity index (χ1v) is 10.9. The quantitative estimate of drug-likeness (QED) is 0.498. The minimum atomic E-state index is -4.98. The van der Waals surface area contributed by atoms with Crippen LogP contribution in [0.3, 0.4) is 0 Å². The van der Waals surface area contributed by atoms with Gasteiger partial charge in [-0.05, 0) is 40.2 Å². The highest BCUT2D eigenvalue weighted by atomic mass is 79.9. The summed E-state index contributed by atoms with van der Waals surface area (Å²) in [5.74, 6) is -2.63. The Morgan fingerprint density at radius 2 is 1.81 bits per heavy atom. The number of likely N-dealkylation sites (N-methyl/N-ethyl adjacent to an activating group) is 1. The molecule has 0 radical (unpaired) electrons. The van der Waals surface area contributed by atoms with Gasteiger partial charge in [-0.2, -0.15) is 13.2 Å². The van der Waals surface area contributed by atoms with Crippen LogP contribution in [0.4, 0.5) is 13.2 Å². The molecule has 0 saturated carbocycles. The molecule has 0 aliphatic carbocycles. The van der Waals surface area contributed by atoms with Gasteiger partial charge in [0.1, 0.15) is 44.2 Å². The third-order valence-corrected chi connectivity index (χ3v) is 6.30. The average molecular weight is 515 g/mol. The third kappa shape index (κ3) is 4.48. The maximum atomic E-state index is 13.9. The predicted molar refractivity (Wildman–Crippen MR) is 114 cm³/mol. The lowest BCUT2D eigenvalue weighted by molar-refractivity contribution is -1.01. The van der Waals surface area contributed by atoms with Gasteiger partial charge >= 0.3 is 6.18 Å². The lowest BCUT2D eigenvalue weighted by Gasteiger charge is -2.27. The number of hydrogen-bond acceptors (Lipinski definition) is 4. The summed E-state index contributed by atoms with van der Waals surface area (Å²) in [7, 11) is 2.08. The van der Waals surface area contributed by atoms with E-state index in [-0.39, 0.29) is 34.6 Å². The zero-order valence-corrected chi connectivity index (χ0v) is 18.8. The van der Waals surface area contributed by atoms with Gasteiger partial charge in [-0.25, -0.2) is 0 Å².